The summed E-state index contributed by atoms with van der Waals surface area (Å²) in [4.78, 5) is 25.2. The van der Waals surface area contributed by atoms with Crippen molar-refractivity contribution >= 4 is 39.6 Å². The number of halogens is 1. The Bertz CT molecular complexity index is 1270. The van der Waals surface area contributed by atoms with Crippen molar-refractivity contribution in [3.8, 4) is 28.7 Å². The first-order valence-corrected chi connectivity index (χ1v) is 11.2. The molecule has 2 amide bonds. The number of rotatable bonds is 9. The highest BCUT2D eigenvalue weighted by molar-refractivity contribution is 9.10. The number of carbonyl (C=O) groups excluding carboxylic acids is 2. The van der Waals surface area contributed by atoms with Crippen LogP contribution in [-0.4, -0.2) is 51.6 Å². The lowest BCUT2D eigenvalue weighted by Gasteiger charge is -2.14. The van der Waals surface area contributed by atoms with Crippen molar-refractivity contribution in [1.82, 2.24) is 5.43 Å². The van der Waals surface area contributed by atoms with Gasteiger partial charge in [-0.05, 0) is 70.0 Å². The van der Waals surface area contributed by atoms with Gasteiger partial charge in [0.1, 0.15) is 0 Å². The molecule has 0 aliphatic rings. The summed E-state index contributed by atoms with van der Waals surface area (Å²) in [5.41, 5.74) is 4.15. The summed E-state index contributed by atoms with van der Waals surface area (Å²) >= 11 is 3.23. The molecule has 0 saturated heterocycles. The molecule has 0 spiro atoms. The molecule has 0 aromatic heterocycles. The number of amides is 2. The summed E-state index contributed by atoms with van der Waals surface area (Å²) in [5, 5.41) is 16.6. The lowest BCUT2D eigenvalue weighted by molar-refractivity contribution is 0.0954. The van der Waals surface area contributed by atoms with Gasteiger partial charge in [-0.25, -0.2) is 5.43 Å². The Morgan fingerprint density at radius 1 is 0.833 bits per heavy atom. The smallest absolute Gasteiger partial charge is 0.271 e. The Kier molecular flexibility index (Phi) is 8.74. The standard InChI is InChI=1S/C25H24BrN3O7/c1-33-19-10-14(9-18(26)22(19)30)13-27-29-25(32)15-5-7-17(8-6-15)28-24(31)16-11-20(34-2)23(36-4)21(12-16)35-3/h5-13,30H,1-4H3,(H,28,31)(H,29,32)/b27-13+. The summed E-state index contributed by atoms with van der Waals surface area (Å²) in [6, 6.07) is 12.6. The van der Waals surface area contributed by atoms with Crippen LogP contribution in [0.5, 0.6) is 28.7 Å². The van der Waals surface area contributed by atoms with Crippen LogP contribution in [0.1, 0.15) is 26.3 Å². The van der Waals surface area contributed by atoms with Crippen LogP contribution in [0.3, 0.4) is 0 Å². The Morgan fingerprint density at radius 3 is 2.00 bits per heavy atom. The number of hydrazone groups is 1. The molecule has 3 aromatic rings. The topological polar surface area (TPSA) is 128 Å². The van der Waals surface area contributed by atoms with E-state index in [-0.39, 0.29) is 11.5 Å². The molecular weight excluding hydrogens is 534 g/mol. The molecule has 3 aromatic carbocycles. The van der Waals surface area contributed by atoms with Crippen molar-refractivity contribution < 1.29 is 33.6 Å². The normalized spacial score (nSPS) is 10.6. The molecule has 0 unspecified atom stereocenters. The van der Waals surface area contributed by atoms with E-state index in [1.54, 1.807) is 48.5 Å². The lowest BCUT2D eigenvalue weighted by Crippen LogP contribution is -2.18. The number of carbonyl (C=O) groups is 2. The van der Waals surface area contributed by atoms with E-state index in [1.165, 1.54) is 34.7 Å². The van der Waals surface area contributed by atoms with Gasteiger partial charge in [0.15, 0.2) is 23.0 Å². The van der Waals surface area contributed by atoms with E-state index in [4.69, 9.17) is 18.9 Å². The average molecular weight is 558 g/mol. The number of aromatic hydroxyl groups is 1. The molecule has 0 saturated carbocycles. The maximum atomic E-state index is 12.7. The fraction of sp³-hybridized carbons (Fsp3) is 0.160. The Labute approximate surface area is 216 Å². The van der Waals surface area contributed by atoms with Gasteiger partial charge >= 0.3 is 0 Å². The van der Waals surface area contributed by atoms with Gasteiger partial charge in [-0.1, -0.05) is 0 Å². The van der Waals surface area contributed by atoms with E-state index in [9.17, 15) is 14.7 Å². The zero-order valence-corrected chi connectivity index (χ0v) is 21.5. The highest BCUT2D eigenvalue weighted by Crippen LogP contribution is 2.38. The molecular formula is C25H24BrN3O7. The summed E-state index contributed by atoms with van der Waals surface area (Å²) in [6.07, 6.45) is 1.41. The van der Waals surface area contributed by atoms with Crippen molar-refractivity contribution in [3.63, 3.8) is 0 Å². The molecule has 0 heterocycles. The molecule has 0 atom stereocenters. The first kappa shape index (κ1) is 26.4. The Hall–Kier alpha value is -4.25. The van der Waals surface area contributed by atoms with Gasteiger partial charge in [-0.15, -0.1) is 0 Å². The summed E-state index contributed by atoms with van der Waals surface area (Å²) in [5.74, 6) is 0.481. The lowest BCUT2D eigenvalue weighted by atomic mass is 10.1. The molecule has 11 heteroatoms. The van der Waals surface area contributed by atoms with Crippen LogP contribution in [0, 0.1) is 0 Å². The van der Waals surface area contributed by atoms with E-state index < -0.39 is 11.8 Å². The number of hydrogen-bond acceptors (Lipinski definition) is 8. The number of nitrogens with one attached hydrogen (secondary N) is 2. The number of anilines is 1. The van der Waals surface area contributed by atoms with E-state index in [0.29, 0.717) is 44.1 Å². The fourth-order valence-corrected chi connectivity index (χ4v) is 3.63. The van der Waals surface area contributed by atoms with Gasteiger partial charge < -0.3 is 29.4 Å². The van der Waals surface area contributed by atoms with Crippen LogP contribution in [-0.2, 0) is 0 Å². The number of nitrogens with zero attached hydrogens (tertiary/aromatic N) is 1. The van der Waals surface area contributed by atoms with Crippen molar-refractivity contribution in [1.29, 1.82) is 0 Å². The van der Waals surface area contributed by atoms with Gasteiger partial charge in [-0.3, -0.25) is 9.59 Å². The largest absolute Gasteiger partial charge is 0.503 e. The highest BCUT2D eigenvalue weighted by Gasteiger charge is 2.17. The highest BCUT2D eigenvalue weighted by atomic mass is 79.9. The quantitative estimate of drug-likeness (QED) is 0.265. The SMILES string of the molecule is COc1cc(/C=N/NC(=O)c2ccc(NC(=O)c3cc(OC)c(OC)c(OC)c3)cc2)cc(Br)c1O. The van der Waals surface area contributed by atoms with Gasteiger partial charge in [0.2, 0.25) is 5.75 Å². The number of hydrogen-bond donors (Lipinski definition) is 3. The predicted octanol–water partition coefficient (Wildman–Crippen LogP) is 4.21. The molecule has 188 valence electrons. The van der Waals surface area contributed by atoms with Crippen molar-refractivity contribution in [3.05, 3.63) is 69.7 Å². The van der Waals surface area contributed by atoms with Crippen LogP contribution in [0.2, 0.25) is 0 Å². The van der Waals surface area contributed by atoms with Crippen molar-refractivity contribution in [2.24, 2.45) is 5.10 Å². The van der Waals surface area contributed by atoms with E-state index in [0.717, 1.165) is 0 Å². The summed E-state index contributed by atoms with van der Waals surface area (Å²) in [7, 11) is 5.84. The summed E-state index contributed by atoms with van der Waals surface area (Å²) in [6.45, 7) is 0. The maximum absolute atomic E-state index is 12.7. The number of benzene rings is 3. The van der Waals surface area contributed by atoms with Gasteiger partial charge in [0, 0.05) is 16.8 Å². The summed E-state index contributed by atoms with van der Waals surface area (Å²) < 4.78 is 21.4. The third-order valence-electron chi connectivity index (χ3n) is 4.98. The van der Waals surface area contributed by atoms with Gasteiger partial charge in [0.05, 0.1) is 39.1 Å². The van der Waals surface area contributed by atoms with E-state index >= 15 is 0 Å². The van der Waals surface area contributed by atoms with Crippen molar-refractivity contribution in [2.45, 2.75) is 0 Å². The second-order valence-electron chi connectivity index (χ2n) is 7.20. The number of phenolic OH excluding ortho intramolecular Hbond substituents is 1. The van der Waals surface area contributed by atoms with Crippen LogP contribution >= 0.6 is 15.9 Å². The molecule has 10 nitrogen and oxygen atoms in total. The number of ether oxygens (including phenoxy) is 4. The second-order valence-corrected chi connectivity index (χ2v) is 8.05. The number of methoxy groups -OCH3 is 4. The maximum Gasteiger partial charge on any atom is 0.271 e. The predicted molar refractivity (Wildman–Crippen MR) is 138 cm³/mol. The molecule has 0 fully saturated rings. The fourth-order valence-electron chi connectivity index (χ4n) is 3.17. The van der Waals surface area contributed by atoms with Crippen molar-refractivity contribution in [2.75, 3.05) is 33.8 Å². The first-order chi connectivity index (χ1) is 17.3. The monoisotopic (exact) mass is 557 g/mol. The van der Waals surface area contributed by atoms with Gasteiger partial charge in [0.25, 0.3) is 11.8 Å². The first-order valence-electron chi connectivity index (χ1n) is 10.4. The molecule has 0 aliphatic heterocycles. The minimum atomic E-state index is -0.446. The second kappa shape index (κ2) is 11.9. The van der Waals surface area contributed by atoms with Crippen LogP contribution in [0.4, 0.5) is 5.69 Å². The number of phenols is 1. The molecule has 3 rings (SSSR count). The molecule has 0 radical (unpaired) electrons. The van der Waals surface area contributed by atoms with E-state index in [2.05, 4.69) is 31.8 Å². The third-order valence-corrected chi connectivity index (χ3v) is 5.59. The average Bonchev–Trinajstić information content (AvgIpc) is 2.89. The van der Waals surface area contributed by atoms with Crippen LogP contribution < -0.4 is 29.7 Å². The Morgan fingerprint density at radius 2 is 1.44 bits per heavy atom. The van der Waals surface area contributed by atoms with Crippen LogP contribution in [0.25, 0.3) is 0 Å². The zero-order valence-electron chi connectivity index (χ0n) is 19.9. The van der Waals surface area contributed by atoms with Crippen LogP contribution in [0.15, 0.2) is 58.1 Å². The Balaban J connectivity index is 1.66. The molecule has 36 heavy (non-hydrogen) atoms. The molecule has 0 aliphatic carbocycles. The van der Waals surface area contributed by atoms with Gasteiger partial charge in [-0.2, -0.15) is 5.10 Å². The third kappa shape index (κ3) is 6.05. The minimum Gasteiger partial charge on any atom is -0.503 e. The zero-order chi connectivity index (χ0) is 26.2. The molecule has 3 N–H and O–H groups in total. The molecule has 0 bridgehead atoms. The van der Waals surface area contributed by atoms with E-state index in [1.807, 2.05) is 0 Å². The minimum absolute atomic E-state index is 0.0314.